The van der Waals surface area contributed by atoms with E-state index < -0.39 is 0 Å². The predicted octanol–water partition coefficient (Wildman–Crippen LogP) is 3.35. The molecule has 2 heterocycles. The maximum absolute atomic E-state index is 10.1. The summed E-state index contributed by atoms with van der Waals surface area (Å²) in [7, 11) is 0. The number of nitrogens with zero attached hydrogens (tertiary/aromatic N) is 3. The van der Waals surface area contributed by atoms with Gasteiger partial charge in [0, 0.05) is 5.56 Å². The van der Waals surface area contributed by atoms with Crippen molar-refractivity contribution < 1.29 is 5.11 Å². The van der Waals surface area contributed by atoms with Crippen LogP contribution in [0.3, 0.4) is 0 Å². The molecule has 114 valence electrons. The molecule has 1 aliphatic heterocycles. The largest absolute Gasteiger partial charge is 0.507 e. The topological polar surface area (TPSA) is 63.0 Å². The lowest BCUT2D eigenvalue weighted by Crippen LogP contribution is -2.20. The van der Waals surface area contributed by atoms with Crippen molar-refractivity contribution >= 4 is 11.6 Å². The number of aromatic hydroxyl groups is 1. The molecule has 0 unspecified atom stereocenters. The highest BCUT2D eigenvalue weighted by Crippen LogP contribution is 2.34. The van der Waals surface area contributed by atoms with E-state index in [9.17, 15) is 5.11 Å². The van der Waals surface area contributed by atoms with Gasteiger partial charge in [-0.05, 0) is 30.7 Å². The first kappa shape index (κ1) is 13.6. The molecule has 3 aromatic rings. The molecule has 1 aromatic heterocycles. The lowest BCUT2D eigenvalue weighted by atomic mass is 10.0. The maximum atomic E-state index is 10.1. The van der Waals surface area contributed by atoms with Gasteiger partial charge in [-0.15, -0.1) is 0 Å². The average Bonchev–Trinajstić information content (AvgIpc) is 3.04. The van der Waals surface area contributed by atoms with E-state index in [0.29, 0.717) is 5.95 Å². The Bertz CT molecular complexity index is 880. The Morgan fingerprint density at radius 3 is 2.65 bits per heavy atom. The number of anilines is 1. The SMILES string of the molecule is Cc1ccc([C@@H]2C=C(c3ccccc3O)Nc3ncnn32)cc1. The van der Waals surface area contributed by atoms with Crippen LogP contribution in [0.4, 0.5) is 5.95 Å². The van der Waals surface area contributed by atoms with Gasteiger partial charge in [-0.3, -0.25) is 0 Å². The van der Waals surface area contributed by atoms with Gasteiger partial charge in [0.05, 0.1) is 5.70 Å². The number of hydrogen-bond donors (Lipinski definition) is 2. The summed E-state index contributed by atoms with van der Waals surface area (Å²) in [6.07, 6.45) is 3.59. The summed E-state index contributed by atoms with van der Waals surface area (Å²) in [5.74, 6) is 0.901. The van der Waals surface area contributed by atoms with E-state index in [-0.39, 0.29) is 11.8 Å². The molecule has 0 aliphatic carbocycles. The molecule has 0 amide bonds. The second kappa shape index (κ2) is 5.28. The number of aromatic nitrogens is 3. The van der Waals surface area contributed by atoms with Gasteiger partial charge in [-0.25, -0.2) is 4.68 Å². The standard InChI is InChI=1S/C18H16N4O/c1-12-6-8-13(9-7-12)16-10-15(14-4-2-3-5-17(14)23)21-18-19-11-20-22(16)18/h2-11,16,23H,1H3,(H,19,20,21)/t16-/m0/s1. The second-order valence-corrected chi connectivity index (χ2v) is 5.61. The van der Waals surface area contributed by atoms with Crippen LogP contribution in [0.25, 0.3) is 5.70 Å². The Morgan fingerprint density at radius 1 is 1.09 bits per heavy atom. The molecule has 1 aliphatic rings. The molecular formula is C18H16N4O. The van der Waals surface area contributed by atoms with Gasteiger partial charge in [-0.2, -0.15) is 10.1 Å². The van der Waals surface area contributed by atoms with Gasteiger partial charge in [0.25, 0.3) is 0 Å². The molecule has 0 saturated heterocycles. The van der Waals surface area contributed by atoms with Gasteiger partial charge in [-0.1, -0.05) is 42.0 Å². The summed E-state index contributed by atoms with van der Waals surface area (Å²) in [6.45, 7) is 2.07. The van der Waals surface area contributed by atoms with E-state index in [2.05, 4.69) is 52.7 Å². The average molecular weight is 304 g/mol. The second-order valence-electron chi connectivity index (χ2n) is 5.61. The van der Waals surface area contributed by atoms with E-state index >= 15 is 0 Å². The zero-order chi connectivity index (χ0) is 15.8. The molecule has 5 nitrogen and oxygen atoms in total. The molecule has 1 atom stereocenters. The number of fused-ring (bicyclic) bond motifs is 1. The summed E-state index contributed by atoms with van der Waals surface area (Å²) in [5.41, 5.74) is 3.91. The summed E-state index contributed by atoms with van der Waals surface area (Å²) >= 11 is 0. The smallest absolute Gasteiger partial charge is 0.226 e. The van der Waals surface area contributed by atoms with Gasteiger partial charge in [0.2, 0.25) is 5.95 Å². The van der Waals surface area contributed by atoms with E-state index in [4.69, 9.17) is 0 Å². The van der Waals surface area contributed by atoms with Gasteiger partial charge < -0.3 is 10.4 Å². The molecule has 23 heavy (non-hydrogen) atoms. The van der Waals surface area contributed by atoms with Crippen molar-refractivity contribution in [2.45, 2.75) is 13.0 Å². The van der Waals surface area contributed by atoms with Crippen molar-refractivity contribution in [2.75, 3.05) is 5.32 Å². The van der Waals surface area contributed by atoms with Crippen LogP contribution in [0, 0.1) is 6.92 Å². The van der Waals surface area contributed by atoms with Crippen molar-refractivity contribution in [2.24, 2.45) is 0 Å². The van der Waals surface area contributed by atoms with Crippen molar-refractivity contribution in [1.29, 1.82) is 0 Å². The van der Waals surface area contributed by atoms with Crippen LogP contribution in [-0.2, 0) is 0 Å². The quantitative estimate of drug-likeness (QED) is 0.762. The summed E-state index contributed by atoms with van der Waals surface area (Å²) in [6, 6.07) is 15.6. The van der Waals surface area contributed by atoms with E-state index in [1.165, 1.54) is 11.9 Å². The lowest BCUT2D eigenvalue weighted by molar-refractivity contribution is 0.473. The first-order chi connectivity index (χ1) is 11.2. The minimum atomic E-state index is -0.0658. The van der Waals surface area contributed by atoms with E-state index in [0.717, 1.165) is 16.8 Å². The molecule has 0 radical (unpaired) electrons. The van der Waals surface area contributed by atoms with E-state index in [1.54, 1.807) is 6.07 Å². The number of aryl methyl sites for hydroxylation is 1. The Balaban J connectivity index is 1.83. The first-order valence-corrected chi connectivity index (χ1v) is 7.45. The summed E-state index contributed by atoms with van der Waals surface area (Å²) in [5, 5.41) is 17.7. The number of phenolic OH excluding ortho intramolecular Hbond substituents is 1. The van der Waals surface area contributed by atoms with Crippen LogP contribution in [0.1, 0.15) is 22.7 Å². The fourth-order valence-electron chi connectivity index (χ4n) is 2.79. The van der Waals surface area contributed by atoms with Crippen LogP contribution in [0.15, 0.2) is 60.9 Å². The summed E-state index contributed by atoms with van der Waals surface area (Å²) < 4.78 is 1.84. The molecule has 5 heteroatoms. The summed E-state index contributed by atoms with van der Waals surface area (Å²) in [4.78, 5) is 4.27. The Morgan fingerprint density at radius 2 is 1.87 bits per heavy atom. The number of nitrogens with one attached hydrogen (secondary N) is 1. The third-order valence-corrected chi connectivity index (χ3v) is 4.02. The lowest BCUT2D eigenvalue weighted by Gasteiger charge is -2.24. The van der Waals surface area contributed by atoms with Crippen LogP contribution in [-0.4, -0.2) is 19.9 Å². The van der Waals surface area contributed by atoms with Crippen molar-refractivity contribution in [3.63, 3.8) is 0 Å². The minimum Gasteiger partial charge on any atom is -0.507 e. The maximum Gasteiger partial charge on any atom is 0.226 e. The molecule has 4 rings (SSSR count). The van der Waals surface area contributed by atoms with Crippen molar-refractivity contribution in [1.82, 2.24) is 14.8 Å². The molecule has 0 fully saturated rings. The van der Waals surface area contributed by atoms with Crippen molar-refractivity contribution in [3.8, 4) is 5.75 Å². The van der Waals surface area contributed by atoms with Crippen LogP contribution in [0.5, 0.6) is 5.75 Å². The third kappa shape index (κ3) is 2.36. The van der Waals surface area contributed by atoms with Gasteiger partial charge >= 0.3 is 0 Å². The number of para-hydroxylation sites is 1. The Labute approximate surface area is 133 Å². The number of rotatable bonds is 2. The van der Waals surface area contributed by atoms with Crippen molar-refractivity contribution in [3.05, 3.63) is 77.6 Å². The van der Waals surface area contributed by atoms with Gasteiger partial charge in [0.15, 0.2) is 0 Å². The predicted molar refractivity (Wildman–Crippen MR) is 89.0 cm³/mol. The van der Waals surface area contributed by atoms with E-state index in [1.807, 2.05) is 22.9 Å². The molecule has 2 N–H and O–H groups in total. The number of allylic oxidation sites excluding steroid dienone is 1. The fourth-order valence-corrected chi connectivity index (χ4v) is 2.79. The monoisotopic (exact) mass is 304 g/mol. The number of hydrogen-bond acceptors (Lipinski definition) is 4. The molecule has 2 aromatic carbocycles. The third-order valence-electron chi connectivity index (χ3n) is 4.02. The first-order valence-electron chi connectivity index (χ1n) is 7.45. The molecule has 0 spiro atoms. The number of phenols is 1. The van der Waals surface area contributed by atoms with Crippen LogP contribution >= 0.6 is 0 Å². The van der Waals surface area contributed by atoms with Crippen LogP contribution in [0.2, 0.25) is 0 Å². The minimum absolute atomic E-state index is 0.0658. The normalized spacial score (nSPS) is 16.4. The van der Waals surface area contributed by atoms with Crippen LogP contribution < -0.4 is 5.32 Å². The fraction of sp³-hybridized carbons (Fsp3) is 0.111. The molecule has 0 bridgehead atoms. The Kier molecular flexibility index (Phi) is 3.12. The Hall–Kier alpha value is -3.08. The number of benzene rings is 2. The highest BCUT2D eigenvalue weighted by Gasteiger charge is 2.24. The zero-order valence-electron chi connectivity index (χ0n) is 12.6. The molecule has 0 saturated carbocycles. The highest BCUT2D eigenvalue weighted by molar-refractivity contribution is 5.79. The highest BCUT2D eigenvalue weighted by atomic mass is 16.3. The van der Waals surface area contributed by atoms with Gasteiger partial charge in [0.1, 0.15) is 18.1 Å². The molecular weight excluding hydrogens is 288 g/mol. The zero-order valence-corrected chi connectivity index (χ0v) is 12.6.